The molecule has 3 aliphatic rings. The van der Waals surface area contributed by atoms with Crippen molar-refractivity contribution < 1.29 is 4.79 Å². The van der Waals surface area contributed by atoms with Gasteiger partial charge in [-0.3, -0.25) is 9.69 Å². The Kier molecular flexibility index (Phi) is 7.77. The first-order valence-electron chi connectivity index (χ1n) is 9.49. The van der Waals surface area contributed by atoms with Crippen molar-refractivity contribution in [3.8, 4) is 0 Å². The Hall–Kier alpha value is -0.810. The van der Waals surface area contributed by atoms with Gasteiger partial charge in [0.25, 0.3) is 0 Å². The molecule has 0 radical (unpaired) electrons. The minimum Gasteiger partial charge on any atom is -0.334 e. The molecule has 1 aromatic rings. The maximum Gasteiger partial charge on any atom is 0.237 e. The van der Waals surface area contributed by atoms with E-state index in [1.165, 1.54) is 31.2 Å². The number of likely N-dealkylation sites (N-methyl/N-ethyl adjacent to an activating group) is 1. The number of nitrogens with one attached hydrogen (secondary N) is 1. The molecule has 1 amide bonds. The third-order valence-electron chi connectivity index (χ3n) is 6.36. The number of likely N-dealkylation sites (tertiary alicyclic amines) is 1. The van der Waals surface area contributed by atoms with Crippen molar-refractivity contribution >= 4 is 30.7 Å². The lowest BCUT2D eigenvalue weighted by atomic mass is 9.89. The second kappa shape index (κ2) is 9.41. The average molecular weight is 400 g/mol. The molecule has 4 rings (SSSR count). The number of rotatable bonds is 4. The summed E-state index contributed by atoms with van der Waals surface area (Å²) in [5, 5.41) is 3.52. The molecule has 26 heavy (non-hydrogen) atoms. The molecule has 4 nitrogen and oxygen atoms in total. The number of carbonyl (C=O) groups excluding carboxylic acids is 1. The van der Waals surface area contributed by atoms with Gasteiger partial charge in [0.05, 0.1) is 12.6 Å². The van der Waals surface area contributed by atoms with Crippen LogP contribution in [0.1, 0.15) is 37.3 Å². The maximum absolute atomic E-state index is 13.1. The standard InChI is InChI=1S/C20H29N3O.2ClH/c1-22(17-9-5-6-10-17)14-19(24)23-13-16-11-21-12-18(16)20(23)15-7-3-2-4-8-15;;/h2-4,7-8,16-18,20-21H,5-6,9-14H2,1H3;2*1H/t16-,18-,20+;;/m0../s1. The summed E-state index contributed by atoms with van der Waals surface area (Å²) in [5.74, 6) is 1.48. The number of halogens is 2. The first-order chi connectivity index (χ1) is 11.7. The summed E-state index contributed by atoms with van der Waals surface area (Å²) < 4.78 is 0. The van der Waals surface area contributed by atoms with Gasteiger partial charge in [0.1, 0.15) is 0 Å². The zero-order chi connectivity index (χ0) is 16.5. The van der Waals surface area contributed by atoms with Gasteiger partial charge in [0, 0.05) is 31.6 Å². The minimum absolute atomic E-state index is 0. The number of fused-ring (bicyclic) bond motifs is 1. The molecule has 2 saturated heterocycles. The molecule has 0 spiro atoms. The van der Waals surface area contributed by atoms with E-state index in [0.29, 0.717) is 30.3 Å². The zero-order valence-electron chi connectivity index (χ0n) is 15.5. The van der Waals surface area contributed by atoms with Gasteiger partial charge in [-0.05, 0) is 31.4 Å². The van der Waals surface area contributed by atoms with Crippen LogP contribution in [0.5, 0.6) is 0 Å². The summed E-state index contributed by atoms with van der Waals surface area (Å²) in [6, 6.07) is 11.5. The van der Waals surface area contributed by atoms with Crippen molar-refractivity contribution in [2.45, 2.75) is 37.8 Å². The normalized spacial score (nSPS) is 27.9. The van der Waals surface area contributed by atoms with Gasteiger partial charge in [0.15, 0.2) is 0 Å². The highest BCUT2D eigenvalue weighted by Gasteiger charge is 2.46. The highest BCUT2D eigenvalue weighted by molar-refractivity contribution is 5.85. The van der Waals surface area contributed by atoms with Crippen LogP contribution < -0.4 is 5.32 Å². The lowest BCUT2D eigenvalue weighted by molar-refractivity contribution is -0.134. The van der Waals surface area contributed by atoms with Crippen molar-refractivity contribution in [1.82, 2.24) is 15.1 Å². The van der Waals surface area contributed by atoms with Gasteiger partial charge < -0.3 is 10.2 Å². The number of hydrogen-bond acceptors (Lipinski definition) is 3. The SMILES string of the molecule is CN(CC(=O)N1C[C@@H]2CNC[C@@H]2[C@H]1c1ccccc1)C1CCCC1.Cl.Cl. The molecule has 6 heteroatoms. The molecule has 3 atom stereocenters. The van der Waals surface area contributed by atoms with Crippen LogP contribution >= 0.6 is 24.8 Å². The van der Waals surface area contributed by atoms with Crippen molar-refractivity contribution in [2.24, 2.45) is 11.8 Å². The summed E-state index contributed by atoms with van der Waals surface area (Å²) in [5.41, 5.74) is 1.30. The largest absolute Gasteiger partial charge is 0.334 e. The van der Waals surface area contributed by atoms with Crippen LogP contribution in [0.4, 0.5) is 0 Å². The van der Waals surface area contributed by atoms with Crippen molar-refractivity contribution in [1.29, 1.82) is 0 Å². The van der Waals surface area contributed by atoms with E-state index in [0.717, 1.165) is 19.6 Å². The van der Waals surface area contributed by atoms with Crippen LogP contribution in [-0.2, 0) is 4.79 Å². The molecular weight excluding hydrogens is 369 g/mol. The minimum atomic E-state index is 0. The fourth-order valence-corrected chi connectivity index (χ4v) is 5.03. The summed E-state index contributed by atoms with van der Waals surface area (Å²) in [4.78, 5) is 17.6. The smallest absolute Gasteiger partial charge is 0.237 e. The number of benzene rings is 1. The number of carbonyl (C=O) groups is 1. The molecule has 1 N–H and O–H groups in total. The van der Waals surface area contributed by atoms with Crippen LogP contribution in [-0.4, -0.2) is 55.0 Å². The molecule has 0 bridgehead atoms. The summed E-state index contributed by atoms with van der Waals surface area (Å²) in [6.45, 7) is 3.57. The van der Waals surface area contributed by atoms with E-state index in [9.17, 15) is 4.79 Å². The second-order valence-electron chi connectivity index (χ2n) is 7.84. The quantitative estimate of drug-likeness (QED) is 0.844. The second-order valence-corrected chi connectivity index (χ2v) is 7.84. The van der Waals surface area contributed by atoms with E-state index in [4.69, 9.17) is 0 Å². The lowest BCUT2D eigenvalue weighted by Gasteiger charge is -2.31. The van der Waals surface area contributed by atoms with Gasteiger partial charge in [0.2, 0.25) is 5.91 Å². The van der Waals surface area contributed by atoms with Crippen molar-refractivity contribution in [3.63, 3.8) is 0 Å². The molecular formula is C20H31Cl2N3O. The van der Waals surface area contributed by atoms with Crippen LogP contribution in [0.15, 0.2) is 30.3 Å². The highest BCUT2D eigenvalue weighted by Crippen LogP contribution is 2.42. The first-order valence-corrected chi connectivity index (χ1v) is 9.49. The van der Waals surface area contributed by atoms with E-state index in [1.54, 1.807) is 0 Å². The van der Waals surface area contributed by atoms with E-state index in [-0.39, 0.29) is 30.9 Å². The van der Waals surface area contributed by atoms with Crippen molar-refractivity contribution in [2.75, 3.05) is 33.2 Å². The Morgan fingerprint density at radius 2 is 1.85 bits per heavy atom. The van der Waals surface area contributed by atoms with E-state index in [1.807, 2.05) is 0 Å². The fraction of sp³-hybridized carbons (Fsp3) is 0.650. The number of nitrogens with zero attached hydrogens (tertiary/aromatic N) is 2. The third kappa shape index (κ3) is 4.19. The Balaban J connectivity index is 0.00000121. The molecule has 1 aromatic carbocycles. The Morgan fingerprint density at radius 3 is 2.54 bits per heavy atom. The molecule has 146 valence electrons. The van der Waals surface area contributed by atoms with Crippen LogP contribution in [0.3, 0.4) is 0 Å². The predicted molar refractivity (Wildman–Crippen MR) is 110 cm³/mol. The van der Waals surface area contributed by atoms with Crippen LogP contribution in [0.2, 0.25) is 0 Å². The molecule has 2 heterocycles. The van der Waals surface area contributed by atoms with E-state index < -0.39 is 0 Å². The van der Waals surface area contributed by atoms with Gasteiger partial charge in [-0.2, -0.15) is 0 Å². The molecule has 0 aromatic heterocycles. The van der Waals surface area contributed by atoms with Gasteiger partial charge >= 0.3 is 0 Å². The number of amides is 1. The van der Waals surface area contributed by atoms with E-state index in [2.05, 4.69) is 52.5 Å². The predicted octanol–water partition coefficient (Wildman–Crippen LogP) is 3.12. The Labute approximate surface area is 169 Å². The zero-order valence-corrected chi connectivity index (χ0v) is 17.1. The van der Waals surface area contributed by atoms with Crippen LogP contribution in [0.25, 0.3) is 0 Å². The summed E-state index contributed by atoms with van der Waals surface area (Å²) in [6.07, 6.45) is 5.13. The first kappa shape index (κ1) is 21.5. The summed E-state index contributed by atoms with van der Waals surface area (Å²) >= 11 is 0. The third-order valence-corrected chi connectivity index (χ3v) is 6.36. The number of hydrogen-bond donors (Lipinski definition) is 1. The Bertz CT molecular complexity index is 580. The van der Waals surface area contributed by atoms with Crippen molar-refractivity contribution in [3.05, 3.63) is 35.9 Å². The topological polar surface area (TPSA) is 35.6 Å². The van der Waals surface area contributed by atoms with Gasteiger partial charge in [-0.1, -0.05) is 43.2 Å². The molecule has 1 saturated carbocycles. The lowest BCUT2D eigenvalue weighted by Crippen LogP contribution is -2.43. The highest BCUT2D eigenvalue weighted by atomic mass is 35.5. The van der Waals surface area contributed by atoms with Crippen LogP contribution in [0, 0.1) is 11.8 Å². The van der Waals surface area contributed by atoms with Gasteiger partial charge in [-0.15, -0.1) is 24.8 Å². The molecule has 2 aliphatic heterocycles. The average Bonchev–Trinajstić information content (AvgIpc) is 3.32. The maximum atomic E-state index is 13.1. The fourth-order valence-electron chi connectivity index (χ4n) is 5.03. The monoisotopic (exact) mass is 399 g/mol. The van der Waals surface area contributed by atoms with Gasteiger partial charge in [-0.25, -0.2) is 0 Å². The molecule has 1 aliphatic carbocycles. The Morgan fingerprint density at radius 1 is 1.15 bits per heavy atom. The molecule has 0 unspecified atom stereocenters. The molecule has 3 fully saturated rings. The summed E-state index contributed by atoms with van der Waals surface area (Å²) in [7, 11) is 2.13. The van der Waals surface area contributed by atoms with E-state index >= 15 is 0 Å².